The maximum absolute atomic E-state index is 12.2. The minimum atomic E-state index is -3.67. The number of thiol groups is 1. The minimum Gasteiger partial charge on any atom is -1.00 e. The third-order valence-electron chi connectivity index (χ3n) is 2.98. The Morgan fingerprint density at radius 1 is 1.43 bits per heavy atom. The quantitative estimate of drug-likeness (QED) is 0.207. The van der Waals surface area contributed by atoms with Crippen LogP contribution in [0.4, 0.5) is 0 Å². The summed E-state index contributed by atoms with van der Waals surface area (Å²) >= 11 is 10.2. The van der Waals surface area contributed by atoms with Gasteiger partial charge in [-0.1, -0.05) is 30.3 Å². The molecule has 0 bridgehead atoms. The van der Waals surface area contributed by atoms with Crippen LogP contribution < -0.4 is 22.3 Å². The van der Waals surface area contributed by atoms with E-state index < -0.39 is 16.1 Å². The van der Waals surface area contributed by atoms with Crippen molar-refractivity contribution in [1.82, 2.24) is 9.62 Å². The van der Waals surface area contributed by atoms with Crippen molar-refractivity contribution in [3.63, 3.8) is 0 Å². The fraction of sp³-hybridized carbons (Fsp3) is 0.462. The molecule has 23 heavy (non-hydrogen) atoms. The molecule has 0 amide bonds. The summed E-state index contributed by atoms with van der Waals surface area (Å²) in [5.74, 6) is 0. The first-order valence-corrected chi connectivity index (χ1v) is 8.71. The Labute approximate surface area is 158 Å². The maximum atomic E-state index is 12.2. The van der Waals surface area contributed by atoms with Crippen LogP contribution in [0, 0.1) is 0 Å². The molecule has 0 aliphatic carbocycles. The van der Waals surface area contributed by atoms with Crippen LogP contribution in [0.1, 0.15) is 11.7 Å². The van der Waals surface area contributed by atoms with Crippen LogP contribution in [-0.2, 0) is 10.0 Å². The Kier molecular flexibility index (Phi) is 9.11. The van der Waals surface area contributed by atoms with E-state index in [2.05, 4.69) is 17.9 Å². The van der Waals surface area contributed by atoms with Gasteiger partial charge in [0, 0.05) is 14.1 Å². The summed E-state index contributed by atoms with van der Waals surface area (Å²) < 4.78 is 27.2. The molecule has 0 aliphatic rings. The van der Waals surface area contributed by atoms with Gasteiger partial charge < -0.3 is 22.1 Å². The summed E-state index contributed by atoms with van der Waals surface area (Å²) in [4.78, 5) is -0.0293. The van der Waals surface area contributed by atoms with E-state index in [4.69, 9.17) is 11.6 Å². The molecule has 1 rings (SSSR count). The molecule has 0 fully saturated rings. The van der Waals surface area contributed by atoms with Gasteiger partial charge in [-0.3, -0.25) is 9.89 Å². The molecule has 0 saturated carbocycles. The van der Waals surface area contributed by atoms with Crippen molar-refractivity contribution in [3.8, 4) is 0 Å². The predicted octanol–water partition coefficient (Wildman–Crippen LogP) is -2.22. The van der Waals surface area contributed by atoms with Gasteiger partial charge in [0.2, 0.25) is 10.0 Å². The second-order valence-electron chi connectivity index (χ2n) is 5.09. The first-order valence-electron chi connectivity index (χ1n) is 6.44. The summed E-state index contributed by atoms with van der Waals surface area (Å²) in [6.45, 7) is 0.195. The van der Waals surface area contributed by atoms with Gasteiger partial charge in [0.15, 0.2) is 0 Å². The minimum absolute atomic E-state index is 0. The lowest BCUT2D eigenvalue weighted by molar-refractivity contribution is -0.463. The number of aliphatic hydroxyl groups is 1. The number of rotatable bonds is 5. The summed E-state index contributed by atoms with van der Waals surface area (Å²) in [5, 5.41) is 13.8. The lowest BCUT2D eigenvalue weighted by Crippen LogP contribution is -3.00. The molecule has 2 N–H and O–H groups in total. The van der Waals surface area contributed by atoms with Gasteiger partial charge >= 0.3 is 5.17 Å². The number of amidine groups is 1. The molecule has 1 unspecified atom stereocenters. The van der Waals surface area contributed by atoms with Crippen molar-refractivity contribution in [2.75, 3.05) is 34.7 Å². The Morgan fingerprint density at radius 2 is 2.00 bits per heavy atom. The lowest BCUT2D eigenvalue weighted by Gasteiger charge is -2.15. The van der Waals surface area contributed by atoms with Crippen LogP contribution >= 0.6 is 24.2 Å². The van der Waals surface area contributed by atoms with Crippen molar-refractivity contribution >= 4 is 39.4 Å². The standard InChI is InChI=1S/C13H20ClN3O3S2.BrH/c1-16(2)13(21)15-8-11(18)9-5-6-10(14)12(7-9)22(19,20)17(3)4;/h5-7,11,18H,8H2,1-4H3,(H,15,21);1H. The zero-order valence-corrected chi connectivity index (χ0v) is 17.3. The molecule has 1 aromatic carbocycles. The van der Waals surface area contributed by atoms with Gasteiger partial charge in [0.05, 0.1) is 19.1 Å². The van der Waals surface area contributed by atoms with Crippen molar-refractivity contribution in [2.24, 2.45) is 0 Å². The molecule has 1 aromatic rings. The average Bonchev–Trinajstić information content (AvgIpc) is 2.44. The third kappa shape index (κ3) is 5.91. The molecule has 0 spiro atoms. The molecule has 0 heterocycles. The first kappa shape index (κ1) is 22.7. The predicted molar refractivity (Wildman–Crippen MR) is 91.4 cm³/mol. The highest BCUT2D eigenvalue weighted by atomic mass is 79.9. The van der Waals surface area contributed by atoms with E-state index in [1.165, 1.54) is 26.2 Å². The number of benzene rings is 1. The van der Waals surface area contributed by atoms with E-state index in [0.29, 0.717) is 10.7 Å². The van der Waals surface area contributed by atoms with E-state index in [1.54, 1.807) is 10.6 Å². The van der Waals surface area contributed by atoms with Crippen LogP contribution in [0.2, 0.25) is 5.02 Å². The second kappa shape index (κ2) is 9.24. The molecule has 0 aliphatic heterocycles. The number of halogens is 2. The Balaban J connectivity index is 0.00000484. The van der Waals surface area contributed by atoms with Crippen LogP contribution in [0.15, 0.2) is 23.1 Å². The normalized spacial score (nSPS) is 12.5. The number of sulfonamides is 1. The molecule has 0 aromatic heterocycles. The molecule has 1 atom stereocenters. The fourth-order valence-corrected chi connectivity index (χ4v) is 3.08. The van der Waals surface area contributed by atoms with Gasteiger partial charge in [0.25, 0.3) is 0 Å². The van der Waals surface area contributed by atoms with E-state index in [0.717, 1.165) is 4.31 Å². The summed E-state index contributed by atoms with van der Waals surface area (Å²) in [6, 6.07) is 4.45. The number of nitrogens with zero attached hydrogens (tertiary/aromatic N) is 2. The highest BCUT2D eigenvalue weighted by molar-refractivity contribution is 7.96. The highest BCUT2D eigenvalue weighted by Gasteiger charge is 2.23. The number of nitrogens with one attached hydrogen (secondary N) is 1. The van der Waals surface area contributed by atoms with E-state index in [1.807, 2.05) is 14.1 Å². The summed E-state index contributed by atoms with van der Waals surface area (Å²) in [7, 11) is 2.81. The molecular weight excluding hydrogens is 426 g/mol. The van der Waals surface area contributed by atoms with Gasteiger partial charge in [-0.15, -0.1) is 0 Å². The Bertz CT molecular complexity index is 677. The summed E-state index contributed by atoms with van der Waals surface area (Å²) in [6.07, 6.45) is -0.893. The van der Waals surface area contributed by atoms with Gasteiger partial charge in [-0.2, -0.15) is 0 Å². The van der Waals surface area contributed by atoms with E-state index >= 15 is 0 Å². The van der Waals surface area contributed by atoms with Gasteiger partial charge in [-0.05, 0) is 17.7 Å². The first-order chi connectivity index (χ1) is 10.1. The molecule has 132 valence electrons. The monoisotopic (exact) mass is 445 g/mol. The fourth-order valence-electron chi connectivity index (χ4n) is 1.59. The zero-order valence-electron chi connectivity index (χ0n) is 13.3. The Morgan fingerprint density at radius 3 is 2.48 bits per heavy atom. The molecule has 6 nitrogen and oxygen atoms in total. The SMILES string of the molecule is CN(C)S(=O)(=O)c1cc(C(O)CNC(S)=[N+](C)C)ccc1Cl.[Br-]. The van der Waals surface area contributed by atoms with Crippen LogP contribution in [-0.4, -0.2) is 62.3 Å². The van der Waals surface area contributed by atoms with Crippen molar-refractivity contribution in [2.45, 2.75) is 11.0 Å². The number of hydrogen-bond donors (Lipinski definition) is 3. The lowest BCUT2D eigenvalue weighted by atomic mass is 10.1. The highest BCUT2D eigenvalue weighted by Crippen LogP contribution is 2.27. The maximum Gasteiger partial charge on any atom is 0.302 e. The number of hydrogen-bond acceptors (Lipinski definition) is 3. The van der Waals surface area contributed by atoms with Crippen molar-refractivity contribution in [1.29, 1.82) is 0 Å². The average molecular weight is 447 g/mol. The molecule has 0 saturated heterocycles. The second-order valence-corrected chi connectivity index (χ2v) is 8.04. The smallest absolute Gasteiger partial charge is 0.302 e. The third-order valence-corrected chi connectivity index (χ3v) is 5.83. The van der Waals surface area contributed by atoms with E-state index in [9.17, 15) is 13.5 Å². The van der Waals surface area contributed by atoms with Gasteiger partial charge in [-0.25, -0.2) is 12.7 Å². The van der Waals surface area contributed by atoms with Crippen LogP contribution in [0.3, 0.4) is 0 Å². The van der Waals surface area contributed by atoms with Crippen molar-refractivity contribution < 1.29 is 35.1 Å². The van der Waals surface area contributed by atoms with Gasteiger partial charge in [0.1, 0.15) is 17.5 Å². The topological polar surface area (TPSA) is 72.7 Å². The molecular formula is C13H21BrClN3O3S2. The number of aliphatic hydroxyl groups excluding tert-OH is 1. The molecule has 10 heteroatoms. The summed E-state index contributed by atoms with van der Waals surface area (Å²) in [5.41, 5.74) is 0.456. The zero-order chi connectivity index (χ0) is 17.1. The van der Waals surface area contributed by atoms with Crippen LogP contribution in [0.25, 0.3) is 0 Å². The van der Waals surface area contributed by atoms with E-state index in [-0.39, 0.29) is 33.4 Å². The van der Waals surface area contributed by atoms with Crippen LogP contribution in [0.5, 0.6) is 0 Å². The molecule has 0 radical (unpaired) electrons. The Hall–Kier alpha value is -0.320. The van der Waals surface area contributed by atoms with Crippen molar-refractivity contribution in [3.05, 3.63) is 28.8 Å². The largest absolute Gasteiger partial charge is 1.00 e.